The largest absolute Gasteiger partial charge is 0.386 e. The summed E-state index contributed by atoms with van der Waals surface area (Å²) in [5, 5.41) is 3.32. The molecule has 1 atom stereocenters. The smallest absolute Gasteiger partial charge is 0.277 e. The number of halogens is 1. The number of anilines is 1. The molecular weight excluding hydrogens is 319 g/mol. The van der Waals surface area contributed by atoms with Crippen molar-refractivity contribution in [1.82, 2.24) is 10.3 Å². The quantitative estimate of drug-likeness (QED) is 0.917. The van der Waals surface area contributed by atoms with Gasteiger partial charge in [-0.25, -0.2) is 4.39 Å². The number of hydrogen-bond acceptors (Lipinski definition) is 4. The summed E-state index contributed by atoms with van der Waals surface area (Å²) in [7, 11) is 0. The van der Waals surface area contributed by atoms with Crippen LogP contribution in [0.25, 0.3) is 0 Å². The summed E-state index contributed by atoms with van der Waals surface area (Å²) in [5.41, 5.74) is 3.60. The molecule has 0 bridgehead atoms. The van der Waals surface area contributed by atoms with Crippen molar-refractivity contribution in [2.45, 2.75) is 13.0 Å². The molecule has 0 saturated carbocycles. The Labute approximate surface area is 144 Å². The SMILES string of the molecule is CC1=C2C(=NCCN1)C(=O)N(c1ccc(F)cc1)C2c1ccccn1. The van der Waals surface area contributed by atoms with E-state index in [1.165, 1.54) is 12.1 Å². The summed E-state index contributed by atoms with van der Waals surface area (Å²) in [6, 6.07) is 11.2. The molecule has 1 aromatic heterocycles. The molecule has 1 aromatic carbocycles. The van der Waals surface area contributed by atoms with Gasteiger partial charge in [-0.3, -0.25) is 19.7 Å². The van der Waals surface area contributed by atoms with Gasteiger partial charge in [0.1, 0.15) is 17.6 Å². The number of nitrogens with one attached hydrogen (secondary N) is 1. The number of benzene rings is 1. The Morgan fingerprint density at radius 3 is 2.72 bits per heavy atom. The molecule has 1 unspecified atom stereocenters. The number of fused-ring (bicyclic) bond motifs is 1. The normalized spacial score (nSPS) is 20.1. The van der Waals surface area contributed by atoms with Crippen molar-refractivity contribution in [2.75, 3.05) is 18.0 Å². The number of carbonyl (C=O) groups is 1. The van der Waals surface area contributed by atoms with Crippen molar-refractivity contribution >= 4 is 17.3 Å². The van der Waals surface area contributed by atoms with E-state index in [1.54, 1.807) is 23.2 Å². The molecule has 6 heteroatoms. The standard InChI is InChI=1S/C19H17FN4O/c1-12-16-17(23-11-10-21-12)19(25)24(14-7-5-13(20)6-8-14)18(16)15-4-2-3-9-22-15/h2-9,18,21H,10-11H2,1H3. The summed E-state index contributed by atoms with van der Waals surface area (Å²) in [6.07, 6.45) is 1.71. The summed E-state index contributed by atoms with van der Waals surface area (Å²) < 4.78 is 13.3. The number of allylic oxidation sites excluding steroid dienone is 1. The van der Waals surface area contributed by atoms with E-state index in [0.717, 1.165) is 17.0 Å². The van der Waals surface area contributed by atoms with E-state index in [4.69, 9.17) is 0 Å². The minimum Gasteiger partial charge on any atom is -0.386 e. The second kappa shape index (κ2) is 6.12. The molecule has 4 rings (SSSR count). The first-order valence-electron chi connectivity index (χ1n) is 8.16. The Balaban J connectivity index is 1.92. The maximum absolute atomic E-state index is 13.3. The highest BCUT2D eigenvalue weighted by atomic mass is 19.1. The van der Waals surface area contributed by atoms with Gasteiger partial charge in [0.15, 0.2) is 0 Å². The number of carbonyl (C=O) groups excluding carboxylic acids is 1. The van der Waals surface area contributed by atoms with Crippen molar-refractivity contribution in [2.24, 2.45) is 4.99 Å². The number of aliphatic imine (C=N–C) groups is 1. The molecule has 3 heterocycles. The van der Waals surface area contributed by atoms with Crippen LogP contribution in [0.3, 0.4) is 0 Å². The van der Waals surface area contributed by atoms with E-state index < -0.39 is 0 Å². The maximum atomic E-state index is 13.3. The third-order valence-electron chi connectivity index (χ3n) is 4.46. The maximum Gasteiger partial charge on any atom is 0.277 e. The Bertz CT molecular complexity index is 874. The van der Waals surface area contributed by atoms with Gasteiger partial charge in [-0.15, -0.1) is 0 Å². The van der Waals surface area contributed by atoms with Crippen LogP contribution in [-0.2, 0) is 4.79 Å². The first-order chi connectivity index (χ1) is 12.2. The number of nitrogens with zero attached hydrogens (tertiary/aromatic N) is 3. The molecule has 2 aromatic rings. The van der Waals surface area contributed by atoms with Gasteiger partial charge in [0.25, 0.3) is 5.91 Å². The number of amides is 1. The minimum atomic E-state index is -0.386. The van der Waals surface area contributed by atoms with Crippen LogP contribution < -0.4 is 10.2 Å². The zero-order valence-electron chi connectivity index (χ0n) is 13.7. The monoisotopic (exact) mass is 336 g/mol. The van der Waals surface area contributed by atoms with Crippen molar-refractivity contribution < 1.29 is 9.18 Å². The van der Waals surface area contributed by atoms with E-state index in [1.807, 2.05) is 25.1 Å². The predicted octanol–water partition coefficient (Wildman–Crippen LogP) is 2.63. The average Bonchev–Trinajstić information content (AvgIpc) is 2.78. The van der Waals surface area contributed by atoms with Gasteiger partial charge in [0.05, 0.1) is 12.2 Å². The second-order valence-corrected chi connectivity index (χ2v) is 6.00. The fourth-order valence-corrected chi connectivity index (χ4v) is 3.33. The lowest BCUT2D eigenvalue weighted by Gasteiger charge is -2.25. The van der Waals surface area contributed by atoms with Crippen LogP contribution in [0.2, 0.25) is 0 Å². The van der Waals surface area contributed by atoms with Crippen molar-refractivity contribution in [1.29, 1.82) is 0 Å². The van der Waals surface area contributed by atoms with Crippen LogP contribution >= 0.6 is 0 Å². The fraction of sp³-hybridized carbons (Fsp3) is 0.211. The van der Waals surface area contributed by atoms with Crippen LogP contribution in [0.4, 0.5) is 10.1 Å². The Morgan fingerprint density at radius 1 is 1.20 bits per heavy atom. The lowest BCUT2D eigenvalue weighted by atomic mass is 10.0. The molecule has 25 heavy (non-hydrogen) atoms. The van der Waals surface area contributed by atoms with E-state index >= 15 is 0 Å². The highest BCUT2D eigenvalue weighted by Crippen LogP contribution is 2.40. The number of rotatable bonds is 2. The van der Waals surface area contributed by atoms with E-state index in [2.05, 4.69) is 15.3 Å². The van der Waals surface area contributed by atoms with Gasteiger partial charge in [-0.2, -0.15) is 0 Å². The van der Waals surface area contributed by atoms with E-state index in [9.17, 15) is 9.18 Å². The molecule has 5 nitrogen and oxygen atoms in total. The molecule has 0 spiro atoms. The summed E-state index contributed by atoms with van der Waals surface area (Å²) in [5.74, 6) is -0.520. The molecular formula is C19H17FN4O. The molecule has 2 aliphatic heterocycles. The van der Waals surface area contributed by atoms with Crippen LogP contribution in [0.5, 0.6) is 0 Å². The molecule has 0 radical (unpaired) electrons. The topological polar surface area (TPSA) is 57.6 Å². The van der Waals surface area contributed by atoms with Crippen LogP contribution in [0.15, 0.2) is 64.9 Å². The van der Waals surface area contributed by atoms with Crippen LogP contribution in [0, 0.1) is 5.82 Å². The third-order valence-corrected chi connectivity index (χ3v) is 4.46. The number of aromatic nitrogens is 1. The second-order valence-electron chi connectivity index (χ2n) is 6.00. The molecule has 1 N–H and O–H groups in total. The molecule has 126 valence electrons. The van der Waals surface area contributed by atoms with Gasteiger partial charge in [0.2, 0.25) is 0 Å². The molecule has 1 saturated heterocycles. The van der Waals surface area contributed by atoms with Crippen molar-refractivity contribution in [3.63, 3.8) is 0 Å². The molecule has 1 fully saturated rings. The fourth-order valence-electron chi connectivity index (χ4n) is 3.33. The summed E-state index contributed by atoms with van der Waals surface area (Å²) >= 11 is 0. The Morgan fingerprint density at radius 2 is 2.00 bits per heavy atom. The summed E-state index contributed by atoms with van der Waals surface area (Å²) in [4.78, 5) is 23.7. The predicted molar refractivity (Wildman–Crippen MR) is 93.9 cm³/mol. The van der Waals surface area contributed by atoms with Crippen molar-refractivity contribution in [3.8, 4) is 0 Å². The number of hydrogen-bond donors (Lipinski definition) is 1. The number of pyridine rings is 1. The van der Waals surface area contributed by atoms with E-state index in [-0.39, 0.29) is 17.8 Å². The summed E-state index contributed by atoms with van der Waals surface area (Å²) in [6.45, 7) is 3.18. The zero-order chi connectivity index (χ0) is 17.4. The Hall–Kier alpha value is -3.02. The first-order valence-corrected chi connectivity index (χ1v) is 8.16. The van der Waals surface area contributed by atoms with Gasteiger partial charge >= 0.3 is 0 Å². The highest BCUT2D eigenvalue weighted by Gasteiger charge is 2.45. The third kappa shape index (κ3) is 2.59. The van der Waals surface area contributed by atoms with Gasteiger partial charge in [-0.1, -0.05) is 6.07 Å². The van der Waals surface area contributed by atoms with Crippen molar-refractivity contribution in [3.05, 3.63) is 71.4 Å². The zero-order valence-corrected chi connectivity index (χ0v) is 13.7. The average molecular weight is 336 g/mol. The Kier molecular flexibility index (Phi) is 3.80. The molecule has 0 aliphatic carbocycles. The molecule has 1 amide bonds. The minimum absolute atomic E-state index is 0.180. The van der Waals surface area contributed by atoms with Crippen LogP contribution in [0.1, 0.15) is 18.7 Å². The highest BCUT2D eigenvalue weighted by molar-refractivity contribution is 6.53. The lowest BCUT2D eigenvalue weighted by molar-refractivity contribution is -0.112. The van der Waals surface area contributed by atoms with Gasteiger partial charge in [-0.05, 0) is 43.3 Å². The van der Waals surface area contributed by atoms with Crippen LogP contribution in [-0.4, -0.2) is 29.7 Å². The van der Waals surface area contributed by atoms with E-state index in [0.29, 0.717) is 24.5 Å². The first kappa shape index (κ1) is 15.5. The van der Waals surface area contributed by atoms with Gasteiger partial charge < -0.3 is 5.32 Å². The van der Waals surface area contributed by atoms with Gasteiger partial charge in [0, 0.05) is 29.7 Å². The molecule has 2 aliphatic rings. The lowest BCUT2D eigenvalue weighted by Crippen LogP contribution is -2.30.